The number of hydrogen-bond acceptors (Lipinski definition) is 2. The molecule has 0 amide bonds. The first-order valence-electron chi connectivity index (χ1n) is 5.12. The molecule has 76 valence electrons. The van der Waals surface area contributed by atoms with Crippen LogP contribution in [0.5, 0.6) is 0 Å². The number of nitrogens with one attached hydrogen (secondary N) is 1. The Hall–Kier alpha value is -1.77. The molecular weight excluding hydrogens is 188 g/mol. The molecule has 0 aliphatic rings. The molecule has 3 rings (SSSR count). The summed E-state index contributed by atoms with van der Waals surface area (Å²) in [6.45, 7) is 4.16. The minimum Gasteiger partial charge on any atom is -0.440 e. The molecule has 2 heterocycles. The quantitative estimate of drug-likeness (QED) is 0.653. The van der Waals surface area contributed by atoms with Gasteiger partial charge in [-0.1, -0.05) is 13.8 Å². The third-order valence-electron chi connectivity index (χ3n) is 2.60. The van der Waals surface area contributed by atoms with Crippen LogP contribution in [-0.2, 0) is 0 Å². The highest BCUT2D eigenvalue weighted by Gasteiger charge is 2.11. The van der Waals surface area contributed by atoms with Gasteiger partial charge in [-0.25, -0.2) is 4.98 Å². The van der Waals surface area contributed by atoms with Crippen molar-refractivity contribution < 1.29 is 4.42 Å². The van der Waals surface area contributed by atoms with Crippen LogP contribution in [-0.4, -0.2) is 9.97 Å². The van der Waals surface area contributed by atoms with E-state index in [9.17, 15) is 0 Å². The van der Waals surface area contributed by atoms with Gasteiger partial charge < -0.3 is 9.40 Å². The molecule has 3 heteroatoms. The minimum absolute atomic E-state index is 0.325. The highest BCUT2D eigenvalue weighted by Crippen LogP contribution is 2.27. The van der Waals surface area contributed by atoms with E-state index in [2.05, 4.69) is 23.8 Å². The molecule has 0 unspecified atom stereocenters. The highest BCUT2D eigenvalue weighted by molar-refractivity contribution is 6.01. The Kier molecular flexibility index (Phi) is 1.63. The lowest BCUT2D eigenvalue weighted by molar-refractivity contribution is 0.503. The van der Waals surface area contributed by atoms with Gasteiger partial charge in [-0.2, -0.15) is 0 Å². The van der Waals surface area contributed by atoms with Crippen LogP contribution in [0, 0.1) is 0 Å². The van der Waals surface area contributed by atoms with E-state index in [0.29, 0.717) is 5.92 Å². The Bertz CT molecular complexity index is 619. The van der Waals surface area contributed by atoms with Crippen molar-refractivity contribution in [3.8, 4) is 0 Å². The van der Waals surface area contributed by atoms with Crippen LogP contribution in [0.15, 0.2) is 28.8 Å². The van der Waals surface area contributed by atoms with Gasteiger partial charge >= 0.3 is 0 Å². The number of nitrogens with zero attached hydrogens (tertiary/aromatic N) is 1. The fourth-order valence-electron chi connectivity index (χ4n) is 1.78. The first-order chi connectivity index (χ1) is 7.25. The lowest BCUT2D eigenvalue weighted by Crippen LogP contribution is -1.84. The summed E-state index contributed by atoms with van der Waals surface area (Å²) in [4.78, 5) is 7.62. The number of fused-ring (bicyclic) bond motifs is 3. The molecule has 0 saturated heterocycles. The fourth-order valence-corrected chi connectivity index (χ4v) is 1.78. The van der Waals surface area contributed by atoms with Gasteiger partial charge in [0.15, 0.2) is 11.5 Å². The molecule has 3 nitrogen and oxygen atoms in total. The second-order valence-corrected chi connectivity index (χ2v) is 4.06. The van der Waals surface area contributed by atoms with Crippen LogP contribution >= 0.6 is 0 Å². The molecule has 0 aliphatic carbocycles. The summed E-state index contributed by atoms with van der Waals surface area (Å²) < 4.78 is 5.77. The maximum atomic E-state index is 5.77. The van der Waals surface area contributed by atoms with Gasteiger partial charge in [0.25, 0.3) is 0 Å². The van der Waals surface area contributed by atoms with Crippen LogP contribution in [0.1, 0.15) is 25.7 Å². The summed E-state index contributed by atoms with van der Waals surface area (Å²) in [5.74, 6) is 1.13. The van der Waals surface area contributed by atoms with E-state index in [-0.39, 0.29) is 0 Å². The Labute approximate surface area is 87.1 Å². The predicted molar refractivity (Wildman–Crippen MR) is 60.0 cm³/mol. The summed E-state index contributed by atoms with van der Waals surface area (Å²) in [5, 5.41) is 1.10. The van der Waals surface area contributed by atoms with E-state index in [0.717, 1.165) is 27.9 Å². The van der Waals surface area contributed by atoms with Crippen molar-refractivity contribution in [2.75, 3.05) is 0 Å². The second-order valence-electron chi connectivity index (χ2n) is 4.06. The molecule has 15 heavy (non-hydrogen) atoms. The van der Waals surface area contributed by atoms with Gasteiger partial charge in [-0.15, -0.1) is 0 Å². The van der Waals surface area contributed by atoms with E-state index in [4.69, 9.17) is 4.42 Å². The predicted octanol–water partition coefficient (Wildman–Crippen LogP) is 3.43. The number of benzene rings is 1. The standard InChI is InChI=1S/C12H12N2O/c1-7(2)12-14-10-4-3-9-8(5-6-13-9)11(10)15-12/h3-7,13H,1-2H3. The first kappa shape index (κ1) is 8.53. The Balaban J connectivity index is 2.41. The van der Waals surface area contributed by atoms with Crippen LogP contribution < -0.4 is 0 Å². The summed E-state index contributed by atoms with van der Waals surface area (Å²) in [6.07, 6.45) is 1.92. The molecular formula is C12H12N2O. The SMILES string of the molecule is CC(C)c1nc2ccc3[nH]ccc3c2o1. The lowest BCUT2D eigenvalue weighted by Gasteiger charge is -1.94. The summed E-state index contributed by atoms with van der Waals surface area (Å²) >= 11 is 0. The Morgan fingerprint density at radius 2 is 2.13 bits per heavy atom. The summed E-state index contributed by atoms with van der Waals surface area (Å²) in [7, 11) is 0. The highest BCUT2D eigenvalue weighted by atomic mass is 16.3. The third-order valence-corrected chi connectivity index (χ3v) is 2.60. The monoisotopic (exact) mass is 200 g/mol. The van der Waals surface area contributed by atoms with E-state index in [1.165, 1.54) is 0 Å². The fraction of sp³-hybridized carbons (Fsp3) is 0.250. The van der Waals surface area contributed by atoms with Crippen molar-refractivity contribution in [1.82, 2.24) is 9.97 Å². The molecule has 0 aliphatic heterocycles. The van der Waals surface area contributed by atoms with Crippen molar-refractivity contribution >= 4 is 22.0 Å². The molecule has 0 atom stereocenters. The van der Waals surface area contributed by atoms with Gasteiger partial charge in [0, 0.05) is 23.0 Å². The van der Waals surface area contributed by atoms with Crippen LogP contribution in [0.25, 0.3) is 22.0 Å². The number of rotatable bonds is 1. The van der Waals surface area contributed by atoms with Crippen molar-refractivity contribution in [3.05, 3.63) is 30.3 Å². The van der Waals surface area contributed by atoms with E-state index in [1.54, 1.807) is 0 Å². The van der Waals surface area contributed by atoms with Crippen LogP contribution in [0.3, 0.4) is 0 Å². The molecule has 0 bridgehead atoms. The largest absolute Gasteiger partial charge is 0.440 e. The smallest absolute Gasteiger partial charge is 0.198 e. The average Bonchev–Trinajstić information content (AvgIpc) is 2.82. The minimum atomic E-state index is 0.325. The maximum Gasteiger partial charge on any atom is 0.198 e. The van der Waals surface area contributed by atoms with Gasteiger partial charge in [-0.05, 0) is 18.2 Å². The lowest BCUT2D eigenvalue weighted by atomic mass is 10.2. The number of aromatic amines is 1. The van der Waals surface area contributed by atoms with Crippen molar-refractivity contribution in [2.24, 2.45) is 0 Å². The average molecular weight is 200 g/mol. The number of H-pyrrole nitrogens is 1. The molecule has 2 aromatic heterocycles. The van der Waals surface area contributed by atoms with Gasteiger partial charge in [0.05, 0.1) is 0 Å². The van der Waals surface area contributed by atoms with Crippen molar-refractivity contribution in [1.29, 1.82) is 0 Å². The zero-order valence-electron chi connectivity index (χ0n) is 8.74. The summed E-state index contributed by atoms with van der Waals surface area (Å²) in [6, 6.07) is 6.04. The number of hydrogen-bond donors (Lipinski definition) is 1. The van der Waals surface area contributed by atoms with E-state index >= 15 is 0 Å². The van der Waals surface area contributed by atoms with Crippen LogP contribution in [0.2, 0.25) is 0 Å². The van der Waals surface area contributed by atoms with Gasteiger partial charge in [0.2, 0.25) is 0 Å². The zero-order valence-corrected chi connectivity index (χ0v) is 8.74. The molecule has 0 saturated carbocycles. The van der Waals surface area contributed by atoms with Gasteiger partial charge in [0.1, 0.15) is 5.52 Å². The maximum absolute atomic E-state index is 5.77. The Morgan fingerprint density at radius 3 is 2.93 bits per heavy atom. The third kappa shape index (κ3) is 1.16. The Morgan fingerprint density at radius 1 is 1.27 bits per heavy atom. The molecule has 0 spiro atoms. The topological polar surface area (TPSA) is 41.8 Å². The summed E-state index contributed by atoms with van der Waals surface area (Å²) in [5.41, 5.74) is 2.91. The molecule has 1 N–H and O–H groups in total. The molecule has 1 aromatic carbocycles. The zero-order chi connectivity index (χ0) is 10.4. The van der Waals surface area contributed by atoms with E-state index in [1.807, 2.05) is 24.4 Å². The van der Waals surface area contributed by atoms with Gasteiger partial charge in [-0.3, -0.25) is 0 Å². The normalized spacial score (nSPS) is 11.9. The number of oxazole rings is 1. The molecule has 0 radical (unpaired) electrons. The second kappa shape index (κ2) is 2.86. The van der Waals surface area contributed by atoms with Crippen molar-refractivity contribution in [2.45, 2.75) is 19.8 Å². The number of aromatic nitrogens is 2. The first-order valence-corrected chi connectivity index (χ1v) is 5.12. The van der Waals surface area contributed by atoms with E-state index < -0.39 is 0 Å². The molecule has 0 fully saturated rings. The van der Waals surface area contributed by atoms with Crippen LogP contribution in [0.4, 0.5) is 0 Å². The van der Waals surface area contributed by atoms with Crippen molar-refractivity contribution in [3.63, 3.8) is 0 Å². The molecule has 3 aromatic rings.